The number of benzene rings is 1. The minimum absolute atomic E-state index is 0.546. The van der Waals surface area contributed by atoms with Crippen molar-refractivity contribution in [3.63, 3.8) is 0 Å². The van der Waals surface area contributed by atoms with Gasteiger partial charge >= 0.3 is 0 Å². The minimum atomic E-state index is -0.546. The Balaban J connectivity index is 2.28. The molecule has 3 heteroatoms. The molecule has 0 aliphatic carbocycles. The monoisotopic (exact) mass is 269 g/mol. The summed E-state index contributed by atoms with van der Waals surface area (Å²) in [7, 11) is 0. The number of hydrogen-bond acceptors (Lipinski definition) is 2. The van der Waals surface area contributed by atoms with E-state index in [2.05, 4.69) is 22.4 Å². The fraction of sp³-hybridized carbons (Fsp3) is 0.417. The number of ether oxygens (including phenoxy) is 2. The SMILES string of the molecule is C[CH]CC1(c2ccc(Br)cc2)OCCO1. The van der Waals surface area contributed by atoms with Crippen LogP contribution in [0.1, 0.15) is 18.9 Å². The standard InChI is InChI=1S/C12H14BrO2/c1-2-7-12(14-8-9-15-12)10-3-5-11(13)6-4-10/h2-6H,7-9H2,1H3. The zero-order valence-electron chi connectivity index (χ0n) is 8.70. The van der Waals surface area contributed by atoms with Crippen molar-refractivity contribution in [3.8, 4) is 0 Å². The Labute approximate surface area is 98.7 Å². The Hall–Kier alpha value is -0.380. The van der Waals surface area contributed by atoms with Crippen LogP contribution < -0.4 is 0 Å². The second-order valence-electron chi connectivity index (χ2n) is 3.57. The Bertz CT molecular complexity index is 315. The molecule has 1 aliphatic rings. The molecule has 0 saturated carbocycles. The number of rotatable bonds is 3. The Morgan fingerprint density at radius 1 is 1.27 bits per heavy atom. The highest BCUT2D eigenvalue weighted by Crippen LogP contribution is 2.35. The molecule has 2 nitrogen and oxygen atoms in total. The first kappa shape index (κ1) is 11.1. The Morgan fingerprint density at radius 3 is 2.40 bits per heavy atom. The third-order valence-electron chi connectivity index (χ3n) is 2.51. The number of hydrogen-bond donors (Lipinski definition) is 0. The molecule has 2 rings (SSSR count). The summed E-state index contributed by atoms with van der Waals surface area (Å²) in [6, 6.07) is 8.10. The van der Waals surface area contributed by atoms with Gasteiger partial charge in [0.05, 0.1) is 13.2 Å². The van der Waals surface area contributed by atoms with Gasteiger partial charge in [0.15, 0.2) is 5.79 Å². The average molecular weight is 270 g/mol. The molecule has 1 aromatic carbocycles. The molecule has 1 fully saturated rings. The lowest BCUT2D eigenvalue weighted by Crippen LogP contribution is -2.26. The lowest BCUT2D eigenvalue weighted by atomic mass is 10.0. The van der Waals surface area contributed by atoms with Gasteiger partial charge in [-0.3, -0.25) is 0 Å². The van der Waals surface area contributed by atoms with Gasteiger partial charge < -0.3 is 9.47 Å². The molecule has 1 radical (unpaired) electrons. The van der Waals surface area contributed by atoms with Gasteiger partial charge in [-0.1, -0.05) is 35.0 Å². The van der Waals surface area contributed by atoms with Crippen LogP contribution >= 0.6 is 15.9 Å². The summed E-state index contributed by atoms with van der Waals surface area (Å²) in [5.41, 5.74) is 1.08. The third kappa shape index (κ3) is 2.25. The van der Waals surface area contributed by atoms with Crippen molar-refractivity contribution >= 4 is 15.9 Å². The quantitative estimate of drug-likeness (QED) is 0.839. The van der Waals surface area contributed by atoms with E-state index in [4.69, 9.17) is 9.47 Å². The molecule has 1 aliphatic heterocycles. The van der Waals surface area contributed by atoms with Crippen molar-refractivity contribution in [2.24, 2.45) is 0 Å². The van der Waals surface area contributed by atoms with E-state index in [0.29, 0.717) is 13.2 Å². The highest BCUT2D eigenvalue weighted by molar-refractivity contribution is 9.10. The lowest BCUT2D eigenvalue weighted by Gasteiger charge is -2.27. The van der Waals surface area contributed by atoms with Crippen molar-refractivity contribution in [1.82, 2.24) is 0 Å². The largest absolute Gasteiger partial charge is 0.343 e. The Morgan fingerprint density at radius 2 is 1.87 bits per heavy atom. The molecule has 0 unspecified atom stereocenters. The van der Waals surface area contributed by atoms with E-state index < -0.39 is 5.79 Å². The summed E-state index contributed by atoms with van der Waals surface area (Å²) in [5, 5.41) is 0. The van der Waals surface area contributed by atoms with E-state index in [-0.39, 0.29) is 0 Å². The molecule has 0 bridgehead atoms. The van der Waals surface area contributed by atoms with Gasteiger partial charge in [0.1, 0.15) is 0 Å². The number of halogens is 1. The Kier molecular flexibility index (Phi) is 3.44. The summed E-state index contributed by atoms with van der Waals surface area (Å²) >= 11 is 3.42. The lowest BCUT2D eigenvalue weighted by molar-refractivity contribution is -0.165. The van der Waals surface area contributed by atoms with E-state index in [1.807, 2.05) is 31.2 Å². The average Bonchev–Trinajstić information content (AvgIpc) is 2.69. The van der Waals surface area contributed by atoms with Crippen molar-refractivity contribution in [3.05, 3.63) is 40.7 Å². The first-order valence-corrected chi connectivity index (χ1v) is 5.88. The van der Waals surface area contributed by atoms with Crippen molar-refractivity contribution in [2.75, 3.05) is 13.2 Å². The van der Waals surface area contributed by atoms with Gasteiger partial charge in [-0.15, -0.1) is 0 Å². The maximum absolute atomic E-state index is 5.74. The van der Waals surface area contributed by atoms with Crippen LogP contribution in [0.3, 0.4) is 0 Å². The summed E-state index contributed by atoms with van der Waals surface area (Å²) < 4.78 is 12.5. The second-order valence-corrected chi connectivity index (χ2v) is 4.48. The third-order valence-corrected chi connectivity index (χ3v) is 3.04. The van der Waals surface area contributed by atoms with Crippen molar-refractivity contribution in [2.45, 2.75) is 19.1 Å². The second kappa shape index (κ2) is 4.64. The summed E-state index contributed by atoms with van der Waals surface area (Å²) in [5.74, 6) is -0.546. The van der Waals surface area contributed by atoms with E-state index >= 15 is 0 Å². The predicted octanol–water partition coefficient (Wildman–Crippen LogP) is 3.26. The van der Waals surface area contributed by atoms with Crippen LogP contribution in [0.4, 0.5) is 0 Å². The molecule has 15 heavy (non-hydrogen) atoms. The van der Waals surface area contributed by atoms with E-state index in [1.54, 1.807) is 0 Å². The van der Waals surface area contributed by atoms with Crippen LogP contribution in [-0.2, 0) is 15.3 Å². The van der Waals surface area contributed by atoms with Crippen LogP contribution in [0.5, 0.6) is 0 Å². The molecule has 0 N–H and O–H groups in total. The summed E-state index contributed by atoms with van der Waals surface area (Å²) in [6.45, 7) is 3.36. The van der Waals surface area contributed by atoms with Gasteiger partial charge in [-0.25, -0.2) is 0 Å². The van der Waals surface area contributed by atoms with Crippen LogP contribution in [0.15, 0.2) is 28.7 Å². The normalized spacial score (nSPS) is 19.3. The maximum Gasteiger partial charge on any atom is 0.195 e. The van der Waals surface area contributed by atoms with Gasteiger partial charge in [-0.05, 0) is 18.6 Å². The van der Waals surface area contributed by atoms with Crippen LogP contribution in [-0.4, -0.2) is 13.2 Å². The van der Waals surface area contributed by atoms with Crippen LogP contribution in [0.2, 0.25) is 0 Å². The summed E-state index contributed by atoms with van der Waals surface area (Å²) in [4.78, 5) is 0. The molecule has 81 valence electrons. The fourth-order valence-electron chi connectivity index (χ4n) is 1.83. The zero-order valence-corrected chi connectivity index (χ0v) is 10.3. The maximum atomic E-state index is 5.74. The fourth-order valence-corrected chi connectivity index (χ4v) is 2.09. The van der Waals surface area contributed by atoms with Gasteiger partial charge in [0.2, 0.25) is 0 Å². The topological polar surface area (TPSA) is 18.5 Å². The van der Waals surface area contributed by atoms with Gasteiger partial charge in [-0.2, -0.15) is 0 Å². The highest BCUT2D eigenvalue weighted by Gasteiger charge is 2.37. The molecule has 1 heterocycles. The van der Waals surface area contributed by atoms with Gasteiger partial charge in [0, 0.05) is 16.5 Å². The van der Waals surface area contributed by atoms with Crippen molar-refractivity contribution < 1.29 is 9.47 Å². The van der Waals surface area contributed by atoms with E-state index in [0.717, 1.165) is 16.5 Å². The first-order chi connectivity index (χ1) is 7.27. The molecule has 0 aromatic heterocycles. The molecule has 0 atom stereocenters. The molecular formula is C12H14BrO2. The zero-order chi connectivity index (χ0) is 10.7. The predicted molar refractivity (Wildman–Crippen MR) is 62.3 cm³/mol. The molecule has 0 amide bonds. The van der Waals surface area contributed by atoms with Crippen LogP contribution in [0, 0.1) is 6.42 Å². The van der Waals surface area contributed by atoms with Crippen LogP contribution in [0.25, 0.3) is 0 Å². The highest BCUT2D eigenvalue weighted by atomic mass is 79.9. The van der Waals surface area contributed by atoms with Gasteiger partial charge in [0.25, 0.3) is 0 Å². The van der Waals surface area contributed by atoms with E-state index in [1.165, 1.54) is 0 Å². The van der Waals surface area contributed by atoms with Crippen molar-refractivity contribution in [1.29, 1.82) is 0 Å². The molecule has 1 saturated heterocycles. The van der Waals surface area contributed by atoms with E-state index in [9.17, 15) is 0 Å². The smallest absolute Gasteiger partial charge is 0.195 e. The molecule has 1 aromatic rings. The first-order valence-electron chi connectivity index (χ1n) is 5.09. The summed E-state index contributed by atoms with van der Waals surface area (Å²) in [6.07, 6.45) is 2.86. The molecule has 0 spiro atoms. The minimum Gasteiger partial charge on any atom is -0.343 e. The molecular weight excluding hydrogens is 256 g/mol.